The van der Waals surface area contributed by atoms with Crippen molar-refractivity contribution in [2.75, 3.05) is 0 Å². The third kappa shape index (κ3) is 47.9. The Balaban J connectivity index is 1.23. The zero-order valence-corrected chi connectivity index (χ0v) is 84.9. The summed E-state index contributed by atoms with van der Waals surface area (Å²) in [4.78, 5) is 31.5. The highest BCUT2D eigenvalue weighted by molar-refractivity contribution is 6.09. The number of hydrogen-bond donors (Lipinski definition) is 2. The summed E-state index contributed by atoms with van der Waals surface area (Å²) < 4.78 is 0. The molecule has 7 rings (SSSR count). The second-order valence-corrected chi connectivity index (χ2v) is 41.3. The molecule has 0 atom stereocenters. The van der Waals surface area contributed by atoms with E-state index < -0.39 is 0 Å². The standard InChI is InChI=1S/C120H206N6/c1-7-13-19-25-31-37-43-49-55-61-67-73-79-85-91-103-97-109-110(98-104(103)92-86-80-74-68-62-56-50-44-38-32-26-20-14-8-2)116-121-115(109)124-117-111-99-105(93-87-81-75-69-63-57-51-45-39-33-27-21-15-9-3)106(94-88-82-76-70-64-58-52-46-40-34-28-22-16-10-4)100-112(111)119(122-117)126-120-114-102-108(96-90-84-78-72-66-60-54-48-42-36-30-24-18-12-6)107(101-113(114)118(123-120)125-116)95-89-83-77-71-65-59-53-47-41-35-29-23-17-11-5/h97-102H,7-96H2,1-6H3,(H2,121,122,123,124,125,126). The summed E-state index contributed by atoms with van der Waals surface area (Å²) in [7, 11) is 0. The van der Waals surface area contributed by atoms with E-state index in [1.165, 1.54) is 605 Å². The molecule has 1 aliphatic rings. The molecule has 0 unspecified atom stereocenters. The molecule has 6 heteroatoms. The third-order valence-corrected chi connectivity index (χ3v) is 29.7. The lowest BCUT2D eigenvalue weighted by Crippen LogP contribution is -1.98. The molecule has 0 fully saturated rings. The Labute approximate surface area is 781 Å². The van der Waals surface area contributed by atoms with Gasteiger partial charge in [-0.2, -0.15) is 0 Å². The Bertz CT molecular complexity index is 3410. The van der Waals surface area contributed by atoms with E-state index >= 15 is 0 Å². The van der Waals surface area contributed by atoms with Gasteiger partial charge in [-0.25, -0.2) is 19.9 Å². The van der Waals surface area contributed by atoms with Crippen LogP contribution in [0.2, 0.25) is 0 Å². The normalized spacial score (nSPS) is 12.0. The van der Waals surface area contributed by atoms with Crippen molar-refractivity contribution in [1.29, 1.82) is 0 Å². The van der Waals surface area contributed by atoms with Crippen molar-refractivity contribution in [3.63, 3.8) is 0 Å². The Hall–Kier alpha value is -4.32. The first kappa shape index (κ1) is 109. The van der Waals surface area contributed by atoms with Gasteiger partial charge in [0.25, 0.3) is 0 Å². The van der Waals surface area contributed by atoms with Crippen LogP contribution in [0.4, 0.5) is 0 Å². The smallest absolute Gasteiger partial charge is 0.164 e. The molecule has 4 heterocycles. The quantitative estimate of drug-likeness (QED) is 0.0372. The predicted octanol–water partition coefficient (Wildman–Crippen LogP) is 41.5. The zero-order valence-electron chi connectivity index (χ0n) is 84.9. The first-order valence-electron chi connectivity index (χ1n) is 57.6. The third-order valence-electron chi connectivity index (χ3n) is 29.7. The lowest BCUT2D eigenvalue weighted by Gasteiger charge is -2.13. The number of benzene rings is 3. The number of H-pyrrole nitrogens is 2. The minimum absolute atomic E-state index is 0.814. The van der Waals surface area contributed by atoms with Crippen molar-refractivity contribution in [3.8, 4) is 22.8 Å². The number of aromatic nitrogens is 6. The van der Waals surface area contributed by atoms with Crippen LogP contribution in [0.25, 0.3) is 66.9 Å². The zero-order chi connectivity index (χ0) is 88.5. The van der Waals surface area contributed by atoms with Crippen molar-refractivity contribution in [1.82, 2.24) is 29.9 Å². The molecule has 6 aromatic rings. The van der Waals surface area contributed by atoms with E-state index in [9.17, 15) is 0 Å². The SMILES string of the molecule is CCCCCCCCCCCCCCCCc1cc2c(cc1CCCCCCCCCCCCCCCC)-c1nc-2nc2[nH]c(nc3[nH]c(n1)c1cc(CCCCCCCCCCCCCCCC)c(CCCCCCCCCCCCCCCC)cc31)c1cc(CCCCCCCCCCCCCCCC)c(CCCCCCCCCCCCCCCC)cc21. The van der Waals surface area contributed by atoms with Gasteiger partial charge in [0.1, 0.15) is 22.6 Å². The Morgan fingerprint density at radius 2 is 0.270 bits per heavy atom. The lowest BCUT2D eigenvalue weighted by molar-refractivity contribution is 0.534. The van der Waals surface area contributed by atoms with E-state index in [1.54, 1.807) is 0 Å². The molecule has 3 aromatic heterocycles. The van der Waals surface area contributed by atoms with E-state index in [0.717, 1.165) is 72.8 Å². The molecule has 2 N–H and O–H groups in total. The molecule has 6 bridgehead atoms. The minimum atomic E-state index is 0.814. The van der Waals surface area contributed by atoms with Crippen molar-refractivity contribution in [3.05, 3.63) is 69.8 Å². The fourth-order valence-electron chi connectivity index (χ4n) is 21.2. The Morgan fingerprint density at radius 1 is 0.143 bits per heavy atom. The van der Waals surface area contributed by atoms with Crippen LogP contribution in [-0.4, -0.2) is 29.9 Å². The maximum Gasteiger partial charge on any atom is 0.164 e. The van der Waals surface area contributed by atoms with E-state index in [0.29, 0.717) is 0 Å². The molecule has 0 amide bonds. The Morgan fingerprint density at radius 3 is 0.421 bits per heavy atom. The summed E-state index contributed by atoms with van der Waals surface area (Å²) in [5.41, 5.74) is 15.2. The highest BCUT2D eigenvalue weighted by Crippen LogP contribution is 2.40. The molecule has 6 nitrogen and oxygen atoms in total. The van der Waals surface area contributed by atoms with Crippen molar-refractivity contribution < 1.29 is 0 Å². The average Bonchev–Trinajstić information content (AvgIpc) is 1.59. The fourth-order valence-corrected chi connectivity index (χ4v) is 21.2. The van der Waals surface area contributed by atoms with Crippen LogP contribution in [0.1, 0.15) is 614 Å². The van der Waals surface area contributed by atoms with Gasteiger partial charge in [-0.3, -0.25) is 0 Å². The van der Waals surface area contributed by atoms with Crippen LogP contribution < -0.4 is 0 Å². The van der Waals surface area contributed by atoms with E-state index in [2.05, 4.69) is 87.9 Å². The first-order valence-corrected chi connectivity index (χ1v) is 57.6. The van der Waals surface area contributed by atoms with Gasteiger partial charge in [0.05, 0.1) is 0 Å². The highest BCUT2D eigenvalue weighted by atomic mass is 15.0. The van der Waals surface area contributed by atoms with Gasteiger partial charge in [-0.1, -0.05) is 542 Å². The second-order valence-electron chi connectivity index (χ2n) is 41.3. The maximum atomic E-state index is 5.91. The topological polar surface area (TPSA) is 83.1 Å². The van der Waals surface area contributed by atoms with Crippen LogP contribution in [0.15, 0.2) is 36.4 Å². The monoisotopic (exact) mass is 1730 g/mol. The summed E-state index contributed by atoms with van der Waals surface area (Å²) in [6, 6.07) is 15.6. The highest BCUT2D eigenvalue weighted by Gasteiger charge is 2.25. The minimum Gasteiger partial charge on any atom is -0.324 e. The van der Waals surface area contributed by atoms with Gasteiger partial charge in [0.2, 0.25) is 0 Å². The number of hydrogen-bond acceptors (Lipinski definition) is 4. The molecule has 3 aromatic carbocycles. The van der Waals surface area contributed by atoms with Gasteiger partial charge in [0, 0.05) is 32.7 Å². The summed E-state index contributed by atoms with van der Waals surface area (Å²) in [5.74, 6) is 1.63. The largest absolute Gasteiger partial charge is 0.324 e. The predicted molar refractivity (Wildman–Crippen MR) is 563 cm³/mol. The van der Waals surface area contributed by atoms with Crippen LogP contribution in [0.5, 0.6) is 0 Å². The van der Waals surface area contributed by atoms with Crippen molar-refractivity contribution >= 4 is 44.1 Å². The lowest BCUT2D eigenvalue weighted by atomic mass is 9.91. The van der Waals surface area contributed by atoms with Crippen molar-refractivity contribution in [2.24, 2.45) is 0 Å². The number of aryl methyl sites for hydroxylation is 6. The number of nitrogens with one attached hydrogen (secondary N) is 2. The number of nitrogens with zero attached hydrogens (tertiary/aromatic N) is 4. The molecule has 0 saturated carbocycles. The van der Waals surface area contributed by atoms with Gasteiger partial charge in [0.15, 0.2) is 11.6 Å². The van der Waals surface area contributed by atoms with Crippen LogP contribution in [-0.2, 0) is 38.5 Å². The van der Waals surface area contributed by atoms with Gasteiger partial charge in [-0.15, -0.1) is 0 Å². The summed E-state index contributed by atoms with van der Waals surface area (Å²) in [6.07, 6.45) is 123. The number of fused-ring (bicyclic) bond motifs is 15. The van der Waals surface area contributed by atoms with Gasteiger partial charge < -0.3 is 9.97 Å². The maximum absolute atomic E-state index is 5.91. The van der Waals surface area contributed by atoms with E-state index in [4.69, 9.17) is 19.9 Å². The molecular formula is C120H206N6. The second kappa shape index (κ2) is 75.1. The molecule has 716 valence electrons. The van der Waals surface area contributed by atoms with Crippen LogP contribution >= 0.6 is 0 Å². The van der Waals surface area contributed by atoms with Crippen molar-refractivity contribution in [2.45, 2.75) is 619 Å². The van der Waals surface area contributed by atoms with Gasteiger partial charge >= 0.3 is 0 Å². The summed E-state index contributed by atoms with van der Waals surface area (Å²) >= 11 is 0. The van der Waals surface area contributed by atoms with Gasteiger partial charge in [-0.05, 0) is 147 Å². The van der Waals surface area contributed by atoms with Crippen LogP contribution in [0.3, 0.4) is 0 Å². The summed E-state index contributed by atoms with van der Waals surface area (Å²) in [5, 5.41) is 4.83. The summed E-state index contributed by atoms with van der Waals surface area (Å²) in [6.45, 7) is 14.0. The molecule has 126 heavy (non-hydrogen) atoms. The molecule has 0 aliphatic carbocycles. The number of unbranched alkanes of at least 4 members (excludes halogenated alkanes) is 78. The number of rotatable bonds is 90. The van der Waals surface area contributed by atoms with E-state index in [-0.39, 0.29) is 0 Å². The number of aromatic amines is 2. The molecule has 0 radical (unpaired) electrons. The Kier molecular flexibility index (Phi) is 64.8. The average molecular weight is 1730 g/mol. The fraction of sp³-hybridized carbons (Fsp3) is 0.800. The molecule has 0 saturated heterocycles. The molecular weight excluding hydrogens is 1530 g/mol. The molecule has 1 aliphatic heterocycles. The van der Waals surface area contributed by atoms with E-state index in [1.807, 2.05) is 0 Å². The first-order chi connectivity index (χ1) is 62.5. The molecule has 0 spiro atoms. The van der Waals surface area contributed by atoms with Crippen LogP contribution in [0, 0.1) is 0 Å².